The van der Waals surface area contributed by atoms with Gasteiger partial charge in [-0.2, -0.15) is 0 Å². The Kier molecular flexibility index (Phi) is 19.5. The zero-order valence-electron chi connectivity index (χ0n) is 73.4. The van der Waals surface area contributed by atoms with Gasteiger partial charge in [-0.15, -0.1) is 6.58 Å². The highest BCUT2D eigenvalue weighted by Gasteiger charge is 2.48. The first-order chi connectivity index (χ1) is 65.2. The monoisotopic (exact) mass is 1670 g/mol. The highest BCUT2D eigenvalue weighted by molar-refractivity contribution is 6.23. The fourth-order valence-corrected chi connectivity index (χ4v) is 22.3. The molecule has 24 rings (SSSR count). The fraction of sp³-hybridized carbons (Fsp3) is 0.0303. The van der Waals surface area contributed by atoms with Crippen LogP contribution in [0.2, 0.25) is 0 Å². The zero-order chi connectivity index (χ0) is 88.0. The molecule has 0 saturated heterocycles. The summed E-state index contributed by atoms with van der Waals surface area (Å²) in [5, 5.41) is 14.7. The third-order valence-corrected chi connectivity index (χ3v) is 28.4. The number of fused-ring (bicyclic) bond motifs is 12. The van der Waals surface area contributed by atoms with Crippen molar-refractivity contribution in [2.24, 2.45) is 0 Å². The van der Waals surface area contributed by atoms with Crippen LogP contribution in [0.3, 0.4) is 0 Å². The van der Waals surface area contributed by atoms with E-state index in [1.54, 1.807) is 0 Å². The van der Waals surface area contributed by atoms with E-state index in [1.165, 1.54) is 232 Å². The first-order valence-electron chi connectivity index (χ1n) is 46.0. The molecule has 0 aromatic heterocycles. The van der Waals surface area contributed by atoms with Crippen molar-refractivity contribution in [3.63, 3.8) is 0 Å². The van der Waals surface area contributed by atoms with Crippen molar-refractivity contribution in [3.05, 3.63) is 559 Å². The van der Waals surface area contributed by atoms with Crippen LogP contribution >= 0.6 is 0 Å². The van der Waals surface area contributed by atoms with E-state index in [-0.39, 0.29) is 0 Å². The number of hydrogen-bond donors (Lipinski definition) is 0. The maximum atomic E-state index is 4.19. The van der Waals surface area contributed by atoms with Crippen LogP contribution in [0.1, 0.15) is 73.2 Å². The van der Waals surface area contributed by atoms with Crippen molar-refractivity contribution in [1.82, 2.24) is 0 Å². The lowest BCUT2D eigenvalue weighted by atomic mass is 9.67. The molecule has 2 aliphatic carbocycles. The van der Waals surface area contributed by atoms with Gasteiger partial charge in [0.15, 0.2) is 0 Å². The Morgan fingerprint density at radius 1 is 0.227 bits per heavy atom. The Balaban J connectivity index is 0.517. The molecule has 0 fully saturated rings. The molecule has 0 aliphatic heterocycles. The maximum Gasteiger partial charge on any atom is 0.0713 e. The minimum Gasteiger partial charge on any atom is -0.103 e. The molecule has 22 aromatic rings. The Morgan fingerprint density at radius 3 is 1.00 bits per heavy atom. The van der Waals surface area contributed by atoms with Gasteiger partial charge in [0.1, 0.15) is 0 Å². The van der Waals surface area contributed by atoms with Crippen LogP contribution < -0.4 is 0 Å². The molecular formula is C132H90. The standard InChI is InChI=1S/C132H90/c1-4-26-86(2)47-50-88-52-57-95(58-53-88)127-113-36-12-16-40-117(113)129(118-41-17-13-37-114(118)127)97-65-61-90(62-66-97)92-69-77-104(78-70-92)131(102-28-6-5-7-29-102)125-46-25-22-35-112(125)122-84-99(74-82-126(122)131)101-83-100-27-8-9-31-107(100)121(85-101)109-81-73-94(106-30-10-11-32-108(106)109)56-51-89-54-59-96(60-55-89)128-115-38-14-18-42-119(115)130(120-43-19-15-39-116(120)128)98-67-63-91(64-68-98)93-71-79-105(80-72-93)132(103-75-48-87(3)49-76-103)123-44-23-20-33-110(123)111-34-21-24-45-124(111)132/h4-25,27-85H,1-2,26H2,3H3. The van der Waals surface area contributed by atoms with E-state index >= 15 is 0 Å². The zero-order valence-corrected chi connectivity index (χ0v) is 73.4. The summed E-state index contributed by atoms with van der Waals surface area (Å²) in [6.45, 7) is 10.2. The van der Waals surface area contributed by atoms with Gasteiger partial charge in [-0.1, -0.05) is 491 Å². The lowest BCUT2D eigenvalue weighted by Gasteiger charge is -2.34. The Morgan fingerprint density at radius 2 is 0.553 bits per heavy atom. The molecule has 0 saturated carbocycles. The van der Waals surface area contributed by atoms with E-state index in [4.69, 9.17) is 0 Å². The topological polar surface area (TPSA) is 0 Å². The van der Waals surface area contributed by atoms with Gasteiger partial charge in [-0.3, -0.25) is 0 Å². The van der Waals surface area contributed by atoms with Gasteiger partial charge in [0.25, 0.3) is 0 Å². The summed E-state index contributed by atoms with van der Waals surface area (Å²) in [5.74, 6) is 0. The SMILES string of the molecule is C=CCC(=C)C=Cc1ccc(-c2c3ccccc3c(-c3ccc(-c4ccc(C5(c6ccccc6)c6ccccc6-c6cc(-c7cc(-c8ccc(C=Cc9ccc(-c%10c%11ccccc%11c(-c%11ccc(-c%12ccc(C%13(c%14ccc(C)cc%14)c%14ccccc%14-c%14ccccc%14%13)cc%12)cc%11)c%11ccccc%10%11)cc9)c9ccccc89)c8ccccc8c7)ccc65)cc4)cc3)c3ccccc23)cc1. The van der Waals surface area contributed by atoms with Crippen molar-refractivity contribution < 1.29 is 0 Å². The summed E-state index contributed by atoms with van der Waals surface area (Å²) in [6, 6.07) is 173. The second kappa shape index (κ2) is 32.6. The summed E-state index contributed by atoms with van der Waals surface area (Å²) < 4.78 is 0. The number of hydrogen-bond acceptors (Lipinski definition) is 0. The van der Waals surface area contributed by atoms with Gasteiger partial charge in [0, 0.05) is 0 Å². The van der Waals surface area contributed by atoms with E-state index in [2.05, 4.69) is 505 Å². The Labute approximate surface area is 771 Å². The van der Waals surface area contributed by atoms with Gasteiger partial charge in [-0.05, 0) is 269 Å². The van der Waals surface area contributed by atoms with E-state index in [1.807, 2.05) is 6.08 Å². The highest BCUT2D eigenvalue weighted by Crippen LogP contribution is 2.60. The van der Waals surface area contributed by atoms with Gasteiger partial charge in [0.2, 0.25) is 0 Å². The molecule has 22 aromatic carbocycles. The lowest BCUT2D eigenvalue weighted by Crippen LogP contribution is -2.28. The van der Waals surface area contributed by atoms with Crippen LogP contribution in [0, 0.1) is 6.92 Å². The Bertz CT molecular complexity index is 8270. The van der Waals surface area contributed by atoms with Crippen LogP contribution in [0.25, 0.3) is 194 Å². The lowest BCUT2D eigenvalue weighted by molar-refractivity contribution is 0.768. The van der Waals surface area contributed by atoms with E-state index in [0.29, 0.717) is 0 Å². The number of aryl methyl sites for hydroxylation is 1. The Hall–Kier alpha value is -16.6. The molecule has 618 valence electrons. The van der Waals surface area contributed by atoms with Crippen LogP contribution in [-0.4, -0.2) is 0 Å². The van der Waals surface area contributed by atoms with Gasteiger partial charge >= 0.3 is 0 Å². The molecular weight excluding hydrogens is 1590 g/mol. The van der Waals surface area contributed by atoms with Crippen LogP contribution in [0.5, 0.6) is 0 Å². The normalized spacial score (nSPS) is 13.6. The van der Waals surface area contributed by atoms with Crippen molar-refractivity contribution in [1.29, 1.82) is 0 Å². The van der Waals surface area contributed by atoms with Crippen LogP contribution in [0.4, 0.5) is 0 Å². The third kappa shape index (κ3) is 13.0. The average Bonchev–Trinajstić information content (AvgIpc) is 1.54. The minimum atomic E-state index is -0.588. The van der Waals surface area contributed by atoms with Crippen molar-refractivity contribution in [2.45, 2.75) is 24.2 Å². The molecule has 0 nitrogen and oxygen atoms in total. The van der Waals surface area contributed by atoms with E-state index < -0.39 is 10.8 Å². The second-order valence-electron chi connectivity index (χ2n) is 35.7. The molecule has 0 heteroatoms. The van der Waals surface area contributed by atoms with Crippen LogP contribution in [0.15, 0.2) is 492 Å². The first-order valence-corrected chi connectivity index (χ1v) is 46.0. The summed E-state index contributed by atoms with van der Waals surface area (Å²) in [6.07, 6.45) is 11.5. The van der Waals surface area contributed by atoms with Crippen molar-refractivity contribution in [2.75, 3.05) is 0 Å². The van der Waals surface area contributed by atoms with Crippen molar-refractivity contribution >= 4 is 82.9 Å². The largest absolute Gasteiger partial charge is 0.103 e. The molecule has 2 aliphatic rings. The first kappa shape index (κ1) is 78.8. The second-order valence-corrected chi connectivity index (χ2v) is 35.7. The van der Waals surface area contributed by atoms with Crippen molar-refractivity contribution in [3.8, 4) is 111 Å². The molecule has 132 heavy (non-hydrogen) atoms. The smallest absolute Gasteiger partial charge is 0.0713 e. The predicted molar refractivity (Wildman–Crippen MR) is 563 cm³/mol. The van der Waals surface area contributed by atoms with Gasteiger partial charge in [-0.25, -0.2) is 0 Å². The minimum absolute atomic E-state index is 0.443. The predicted octanol–water partition coefficient (Wildman–Crippen LogP) is 35.3. The summed E-state index contributed by atoms with van der Waals surface area (Å²) in [7, 11) is 0. The molecule has 1 atom stereocenters. The molecule has 0 bridgehead atoms. The average molecular weight is 1680 g/mol. The number of rotatable bonds is 18. The fourth-order valence-electron chi connectivity index (χ4n) is 22.3. The quantitative estimate of drug-likeness (QED) is 0.0348. The van der Waals surface area contributed by atoms with Gasteiger partial charge < -0.3 is 0 Å². The molecule has 0 N–H and O–H groups in total. The molecule has 0 radical (unpaired) electrons. The summed E-state index contributed by atoms with van der Waals surface area (Å²) in [5.41, 5.74) is 39.3. The molecule has 1 unspecified atom stereocenters. The van der Waals surface area contributed by atoms with E-state index in [9.17, 15) is 0 Å². The molecule has 0 spiro atoms. The summed E-state index contributed by atoms with van der Waals surface area (Å²) >= 11 is 0. The molecule has 0 heterocycles. The van der Waals surface area contributed by atoms with Gasteiger partial charge in [0.05, 0.1) is 10.8 Å². The van der Waals surface area contributed by atoms with Crippen LogP contribution in [-0.2, 0) is 10.8 Å². The highest BCUT2D eigenvalue weighted by atomic mass is 14.5. The molecule has 0 amide bonds. The number of allylic oxidation sites excluding steroid dienone is 3. The number of benzene rings is 22. The third-order valence-electron chi connectivity index (χ3n) is 28.4. The maximum absolute atomic E-state index is 4.19. The summed E-state index contributed by atoms with van der Waals surface area (Å²) in [4.78, 5) is 0. The van der Waals surface area contributed by atoms with E-state index in [0.717, 1.165) is 23.1 Å².